The predicted molar refractivity (Wildman–Crippen MR) is 114 cm³/mol. The summed E-state index contributed by atoms with van der Waals surface area (Å²) < 4.78 is 40.0. The van der Waals surface area contributed by atoms with Gasteiger partial charge in [-0.25, -0.2) is 4.79 Å². The molecule has 0 unspecified atom stereocenters. The van der Waals surface area contributed by atoms with Gasteiger partial charge in [-0.15, -0.1) is 4.40 Å². The van der Waals surface area contributed by atoms with Crippen LogP contribution in [0, 0.1) is 0 Å². The largest absolute Gasteiger partial charge is 0.490 e. The first-order valence-electron chi connectivity index (χ1n) is 9.75. The Morgan fingerprint density at radius 3 is 2.80 bits per heavy atom. The number of ether oxygens (including phenoxy) is 2. The number of anilines is 1. The van der Waals surface area contributed by atoms with Crippen molar-refractivity contribution < 1.29 is 22.7 Å². The van der Waals surface area contributed by atoms with Crippen LogP contribution in [-0.2, 0) is 14.8 Å². The molecule has 158 valence electrons. The molecule has 7 nitrogen and oxygen atoms in total. The van der Waals surface area contributed by atoms with Gasteiger partial charge in [0, 0.05) is 18.0 Å². The van der Waals surface area contributed by atoms with Crippen LogP contribution in [0.4, 0.5) is 5.69 Å². The quantitative estimate of drug-likeness (QED) is 0.506. The van der Waals surface area contributed by atoms with Crippen LogP contribution in [0.2, 0.25) is 5.02 Å². The minimum absolute atomic E-state index is 0.0175. The molecule has 1 fully saturated rings. The lowest BCUT2D eigenvalue weighted by molar-refractivity contribution is 0.0450. The lowest BCUT2D eigenvalue weighted by Crippen LogP contribution is -2.35. The topological polar surface area (TPSA) is 85.3 Å². The first-order valence-corrected chi connectivity index (χ1v) is 11.6. The molecule has 4 rings (SSSR count). The molecule has 2 heterocycles. The highest BCUT2D eigenvalue weighted by Crippen LogP contribution is 2.35. The predicted octanol–water partition coefficient (Wildman–Crippen LogP) is 4.06. The van der Waals surface area contributed by atoms with Gasteiger partial charge >= 0.3 is 5.97 Å². The van der Waals surface area contributed by atoms with E-state index in [-0.39, 0.29) is 23.7 Å². The summed E-state index contributed by atoms with van der Waals surface area (Å²) >= 11 is 5.89. The van der Waals surface area contributed by atoms with Gasteiger partial charge in [0.15, 0.2) is 0 Å². The molecule has 0 saturated carbocycles. The van der Waals surface area contributed by atoms with Crippen molar-refractivity contribution in [3.05, 3.63) is 53.1 Å². The van der Waals surface area contributed by atoms with Gasteiger partial charge in [-0.1, -0.05) is 24.1 Å². The number of nitrogens with zero attached hydrogens (tertiary/aromatic N) is 2. The summed E-state index contributed by atoms with van der Waals surface area (Å²) in [5.41, 5.74) is 0.733. The molecule has 0 amide bonds. The van der Waals surface area contributed by atoms with Crippen molar-refractivity contribution in [3.63, 3.8) is 0 Å². The Hall–Kier alpha value is -2.58. The highest BCUT2D eigenvalue weighted by molar-refractivity contribution is 7.90. The molecule has 0 bridgehead atoms. The Kier molecular flexibility index (Phi) is 5.97. The van der Waals surface area contributed by atoms with E-state index in [4.69, 9.17) is 21.1 Å². The van der Waals surface area contributed by atoms with Gasteiger partial charge in [0.25, 0.3) is 10.0 Å². The van der Waals surface area contributed by atoms with E-state index < -0.39 is 16.0 Å². The van der Waals surface area contributed by atoms with Crippen LogP contribution < -0.4 is 9.64 Å². The van der Waals surface area contributed by atoms with E-state index >= 15 is 0 Å². The van der Waals surface area contributed by atoms with E-state index in [1.807, 2.05) is 4.90 Å². The molecule has 0 spiro atoms. The number of halogens is 1. The van der Waals surface area contributed by atoms with Crippen molar-refractivity contribution in [2.24, 2.45) is 4.40 Å². The second kappa shape index (κ2) is 8.65. The van der Waals surface area contributed by atoms with Gasteiger partial charge in [-0.05, 0) is 49.2 Å². The van der Waals surface area contributed by atoms with Crippen LogP contribution in [0.5, 0.6) is 5.75 Å². The second-order valence-electron chi connectivity index (χ2n) is 7.07. The SMILES string of the molecule is O=C(OCCOc1cccc(Cl)c1)c1ccc2c(c1)S(=O)(=O)N=C1CCCCCN12. The highest BCUT2D eigenvalue weighted by Gasteiger charge is 2.32. The third-order valence-electron chi connectivity index (χ3n) is 4.96. The van der Waals surface area contributed by atoms with E-state index in [1.165, 1.54) is 6.07 Å². The minimum Gasteiger partial charge on any atom is -0.490 e. The summed E-state index contributed by atoms with van der Waals surface area (Å²) in [4.78, 5) is 14.4. The van der Waals surface area contributed by atoms with E-state index in [9.17, 15) is 13.2 Å². The van der Waals surface area contributed by atoms with E-state index in [0.717, 1.165) is 19.3 Å². The maximum atomic E-state index is 12.7. The average molecular weight is 449 g/mol. The highest BCUT2D eigenvalue weighted by atomic mass is 35.5. The van der Waals surface area contributed by atoms with Crippen molar-refractivity contribution in [2.75, 3.05) is 24.7 Å². The summed E-state index contributed by atoms with van der Waals surface area (Å²) in [6.07, 6.45) is 3.55. The molecule has 0 N–H and O–H groups in total. The Morgan fingerprint density at radius 2 is 1.97 bits per heavy atom. The molecular formula is C21H21ClN2O5S. The Labute approximate surface area is 180 Å². The number of rotatable bonds is 5. The molecule has 1 saturated heterocycles. The van der Waals surface area contributed by atoms with Crippen molar-refractivity contribution >= 4 is 39.1 Å². The van der Waals surface area contributed by atoms with Gasteiger partial charge in [0.05, 0.1) is 11.3 Å². The molecule has 2 aromatic rings. The van der Waals surface area contributed by atoms with Crippen molar-refractivity contribution in [2.45, 2.75) is 30.6 Å². The second-order valence-corrected chi connectivity index (χ2v) is 9.08. The number of sulfonamides is 1. The number of amidine groups is 1. The number of fused-ring (bicyclic) bond motifs is 3. The third kappa shape index (κ3) is 4.44. The van der Waals surface area contributed by atoms with Gasteiger partial charge in [-0.2, -0.15) is 8.42 Å². The maximum Gasteiger partial charge on any atom is 0.338 e. The standard InChI is InChI=1S/C21H21ClN2O5S/c22-16-5-4-6-17(14-16)28-11-12-29-21(25)15-8-9-18-19(13-15)30(26,27)23-20-7-2-1-3-10-24(18)20/h4-6,8-9,13-14H,1-3,7,10-12H2. The average Bonchev–Trinajstić information content (AvgIpc) is 2.96. The number of esters is 1. The van der Waals surface area contributed by atoms with Gasteiger partial charge in [0.2, 0.25) is 0 Å². The summed E-state index contributed by atoms with van der Waals surface area (Å²) in [6.45, 7) is 0.881. The van der Waals surface area contributed by atoms with Crippen LogP contribution in [0.25, 0.3) is 0 Å². The Bertz CT molecular complexity index is 1100. The minimum atomic E-state index is -3.85. The van der Waals surface area contributed by atoms with Crippen LogP contribution in [0.1, 0.15) is 36.0 Å². The first-order chi connectivity index (χ1) is 14.4. The normalized spacial score (nSPS) is 17.2. The van der Waals surface area contributed by atoms with Gasteiger partial charge < -0.3 is 14.4 Å². The molecule has 9 heteroatoms. The van der Waals surface area contributed by atoms with E-state index in [1.54, 1.807) is 36.4 Å². The first kappa shape index (κ1) is 20.7. The van der Waals surface area contributed by atoms with Crippen LogP contribution in [0.3, 0.4) is 0 Å². The number of carbonyl (C=O) groups is 1. The third-order valence-corrected chi connectivity index (χ3v) is 6.53. The van der Waals surface area contributed by atoms with Crippen LogP contribution >= 0.6 is 11.6 Å². The number of hydrogen-bond donors (Lipinski definition) is 0. The van der Waals surface area contributed by atoms with Crippen molar-refractivity contribution in [1.82, 2.24) is 0 Å². The van der Waals surface area contributed by atoms with Crippen LogP contribution in [-0.4, -0.2) is 40.0 Å². The fourth-order valence-corrected chi connectivity index (χ4v) is 5.01. The lowest BCUT2D eigenvalue weighted by Gasteiger charge is -2.29. The van der Waals surface area contributed by atoms with Crippen molar-refractivity contribution in [3.8, 4) is 5.75 Å². The molecular weight excluding hydrogens is 428 g/mol. The summed E-state index contributed by atoms with van der Waals surface area (Å²) in [7, 11) is -3.85. The molecule has 0 radical (unpaired) electrons. The zero-order chi connectivity index (χ0) is 21.1. The summed E-state index contributed by atoms with van der Waals surface area (Å²) in [6, 6.07) is 11.5. The van der Waals surface area contributed by atoms with Crippen LogP contribution in [0.15, 0.2) is 51.8 Å². The number of hydrogen-bond acceptors (Lipinski definition) is 6. The smallest absolute Gasteiger partial charge is 0.338 e. The number of benzene rings is 2. The fourth-order valence-electron chi connectivity index (χ4n) is 3.54. The zero-order valence-corrected chi connectivity index (χ0v) is 17.8. The number of carbonyl (C=O) groups excluding carboxylic acids is 1. The van der Waals surface area contributed by atoms with Gasteiger partial charge in [-0.3, -0.25) is 0 Å². The Balaban J connectivity index is 1.44. The summed E-state index contributed by atoms with van der Waals surface area (Å²) in [5.74, 6) is 0.534. The molecule has 0 atom stereocenters. The van der Waals surface area contributed by atoms with E-state index in [2.05, 4.69) is 4.40 Å². The molecule has 0 aliphatic carbocycles. The van der Waals surface area contributed by atoms with Crippen molar-refractivity contribution in [1.29, 1.82) is 0 Å². The molecule has 2 aliphatic heterocycles. The van der Waals surface area contributed by atoms with Gasteiger partial charge in [0.1, 0.15) is 29.7 Å². The fraction of sp³-hybridized carbons (Fsp3) is 0.333. The van der Waals surface area contributed by atoms with E-state index in [0.29, 0.717) is 35.3 Å². The monoisotopic (exact) mass is 448 g/mol. The molecule has 30 heavy (non-hydrogen) atoms. The molecule has 2 aromatic carbocycles. The summed E-state index contributed by atoms with van der Waals surface area (Å²) in [5, 5.41) is 0.551. The Morgan fingerprint density at radius 1 is 1.10 bits per heavy atom. The maximum absolute atomic E-state index is 12.7. The molecule has 0 aromatic heterocycles. The lowest BCUT2D eigenvalue weighted by atomic mass is 10.2. The molecule has 2 aliphatic rings. The zero-order valence-electron chi connectivity index (χ0n) is 16.2.